The van der Waals surface area contributed by atoms with Gasteiger partial charge in [-0.2, -0.15) is 0 Å². The third-order valence-electron chi connectivity index (χ3n) is 3.45. The second-order valence-corrected chi connectivity index (χ2v) is 5.16. The van der Waals surface area contributed by atoms with E-state index in [0.717, 1.165) is 43.6 Å². The van der Waals surface area contributed by atoms with E-state index >= 15 is 0 Å². The molecule has 3 N–H and O–H groups in total. The zero-order valence-electron chi connectivity index (χ0n) is 11.8. The lowest BCUT2D eigenvalue weighted by molar-refractivity contribution is 0.252. The Bertz CT molecular complexity index is 445. The van der Waals surface area contributed by atoms with Gasteiger partial charge in [0.1, 0.15) is 0 Å². The van der Waals surface area contributed by atoms with Crippen LogP contribution in [0.2, 0.25) is 0 Å². The molecule has 0 bridgehead atoms. The predicted molar refractivity (Wildman–Crippen MR) is 79.8 cm³/mol. The molecule has 1 aromatic rings. The van der Waals surface area contributed by atoms with Crippen molar-refractivity contribution in [2.75, 3.05) is 17.2 Å². The monoisotopic (exact) mass is 261 g/mol. The van der Waals surface area contributed by atoms with Crippen LogP contribution in [-0.4, -0.2) is 18.6 Å². The fraction of sp³-hybridized carbons (Fsp3) is 0.533. The molecule has 0 saturated heterocycles. The van der Waals surface area contributed by atoms with E-state index in [2.05, 4.69) is 35.9 Å². The van der Waals surface area contributed by atoms with Crippen LogP contribution < -0.4 is 16.0 Å². The van der Waals surface area contributed by atoms with Crippen LogP contribution in [0.15, 0.2) is 18.2 Å². The van der Waals surface area contributed by atoms with Crippen molar-refractivity contribution >= 4 is 17.4 Å². The van der Waals surface area contributed by atoms with E-state index in [9.17, 15) is 4.79 Å². The molecular weight excluding hydrogens is 238 g/mol. The number of fused-ring (bicyclic) bond motifs is 1. The molecule has 1 aliphatic heterocycles. The number of anilines is 2. The lowest BCUT2D eigenvalue weighted by atomic mass is 9.98. The van der Waals surface area contributed by atoms with Crippen molar-refractivity contribution in [2.45, 2.75) is 45.6 Å². The molecule has 1 heterocycles. The summed E-state index contributed by atoms with van der Waals surface area (Å²) in [7, 11) is 0. The van der Waals surface area contributed by atoms with Crippen molar-refractivity contribution < 1.29 is 4.79 Å². The largest absolute Gasteiger partial charge is 0.381 e. The molecule has 0 spiro atoms. The van der Waals surface area contributed by atoms with E-state index in [1.54, 1.807) is 0 Å². The van der Waals surface area contributed by atoms with Crippen LogP contribution in [0, 0.1) is 0 Å². The van der Waals surface area contributed by atoms with Gasteiger partial charge in [0.25, 0.3) is 0 Å². The zero-order valence-corrected chi connectivity index (χ0v) is 11.8. The molecule has 0 saturated carbocycles. The minimum atomic E-state index is -0.123. The van der Waals surface area contributed by atoms with Gasteiger partial charge in [0.2, 0.25) is 0 Å². The Balaban J connectivity index is 2.02. The number of carbonyl (C=O) groups excluding carboxylic acids is 1. The first kappa shape index (κ1) is 13.7. The Kier molecular flexibility index (Phi) is 4.66. The summed E-state index contributed by atoms with van der Waals surface area (Å²) in [5, 5.41) is 9.27. The van der Waals surface area contributed by atoms with E-state index < -0.39 is 0 Å². The Hall–Kier alpha value is -1.71. The highest BCUT2D eigenvalue weighted by Crippen LogP contribution is 2.31. The van der Waals surface area contributed by atoms with Crippen molar-refractivity contribution in [3.8, 4) is 0 Å². The highest BCUT2D eigenvalue weighted by atomic mass is 16.2. The number of hydrogen-bond acceptors (Lipinski definition) is 2. The SMILES string of the molecule is CCCCNC(=O)Nc1cccc2c1NC(C)CC2. The Labute approximate surface area is 115 Å². The van der Waals surface area contributed by atoms with Crippen LogP contribution in [0.4, 0.5) is 16.2 Å². The quantitative estimate of drug-likeness (QED) is 0.728. The average Bonchev–Trinajstić information content (AvgIpc) is 2.40. The van der Waals surface area contributed by atoms with Gasteiger partial charge in [-0.15, -0.1) is 0 Å². The van der Waals surface area contributed by atoms with Gasteiger partial charge in [0.15, 0.2) is 0 Å². The molecule has 1 unspecified atom stereocenters. The number of carbonyl (C=O) groups is 1. The first-order chi connectivity index (χ1) is 9.20. The minimum absolute atomic E-state index is 0.123. The number of benzene rings is 1. The van der Waals surface area contributed by atoms with Gasteiger partial charge in [0.05, 0.1) is 11.4 Å². The average molecular weight is 261 g/mol. The summed E-state index contributed by atoms with van der Waals surface area (Å²) in [4.78, 5) is 11.8. The van der Waals surface area contributed by atoms with Crippen LogP contribution >= 0.6 is 0 Å². The summed E-state index contributed by atoms with van der Waals surface area (Å²) in [5.74, 6) is 0. The molecule has 1 aromatic carbocycles. The maximum absolute atomic E-state index is 11.8. The summed E-state index contributed by atoms with van der Waals surface area (Å²) in [6.07, 6.45) is 4.30. The van der Waals surface area contributed by atoms with Gasteiger partial charge in [-0.25, -0.2) is 4.79 Å². The third-order valence-corrected chi connectivity index (χ3v) is 3.45. The number of unbranched alkanes of at least 4 members (excludes halogenated alkanes) is 1. The Morgan fingerprint density at radius 3 is 3.11 bits per heavy atom. The topological polar surface area (TPSA) is 53.2 Å². The summed E-state index contributed by atoms with van der Waals surface area (Å²) in [5.41, 5.74) is 3.23. The van der Waals surface area contributed by atoms with E-state index in [1.165, 1.54) is 5.56 Å². The second-order valence-electron chi connectivity index (χ2n) is 5.16. The van der Waals surface area contributed by atoms with Gasteiger partial charge < -0.3 is 16.0 Å². The lowest BCUT2D eigenvalue weighted by Crippen LogP contribution is -2.31. The molecule has 0 fully saturated rings. The number of aryl methyl sites for hydroxylation is 1. The van der Waals surface area contributed by atoms with Gasteiger partial charge in [-0.05, 0) is 37.8 Å². The van der Waals surface area contributed by atoms with Crippen LogP contribution in [-0.2, 0) is 6.42 Å². The first-order valence-corrected chi connectivity index (χ1v) is 7.14. The van der Waals surface area contributed by atoms with Crippen molar-refractivity contribution in [3.05, 3.63) is 23.8 Å². The first-order valence-electron chi connectivity index (χ1n) is 7.14. The molecule has 0 aliphatic carbocycles. The van der Waals surface area contributed by atoms with E-state index in [4.69, 9.17) is 0 Å². The van der Waals surface area contributed by atoms with Gasteiger partial charge in [0, 0.05) is 12.6 Å². The molecule has 4 heteroatoms. The zero-order chi connectivity index (χ0) is 13.7. The van der Waals surface area contributed by atoms with Gasteiger partial charge in [-0.3, -0.25) is 0 Å². The summed E-state index contributed by atoms with van der Waals surface area (Å²) < 4.78 is 0. The van der Waals surface area contributed by atoms with Crippen molar-refractivity contribution in [1.82, 2.24) is 5.32 Å². The molecule has 2 rings (SSSR count). The van der Waals surface area contributed by atoms with Crippen LogP contribution in [0.5, 0.6) is 0 Å². The molecule has 2 amide bonds. The third kappa shape index (κ3) is 3.63. The molecule has 0 aromatic heterocycles. The molecular formula is C15H23N3O. The minimum Gasteiger partial charge on any atom is -0.381 e. The summed E-state index contributed by atoms with van der Waals surface area (Å²) in [6, 6.07) is 6.40. The number of urea groups is 1. The second kappa shape index (κ2) is 6.45. The van der Waals surface area contributed by atoms with Crippen molar-refractivity contribution in [3.63, 3.8) is 0 Å². The van der Waals surface area contributed by atoms with Crippen LogP contribution in [0.3, 0.4) is 0 Å². The molecule has 0 radical (unpaired) electrons. The fourth-order valence-electron chi connectivity index (χ4n) is 2.32. The van der Waals surface area contributed by atoms with E-state index in [-0.39, 0.29) is 6.03 Å². The van der Waals surface area contributed by atoms with Crippen LogP contribution in [0.1, 0.15) is 38.7 Å². The maximum atomic E-state index is 11.8. The lowest BCUT2D eigenvalue weighted by Gasteiger charge is -2.26. The smallest absolute Gasteiger partial charge is 0.319 e. The van der Waals surface area contributed by atoms with Crippen molar-refractivity contribution in [2.24, 2.45) is 0 Å². The predicted octanol–water partition coefficient (Wildman–Crippen LogP) is 3.35. The number of hydrogen-bond donors (Lipinski definition) is 3. The standard InChI is InChI=1S/C15H23N3O/c1-3-4-10-16-15(19)18-13-7-5-6-12-9-8-11(2)17-14(12)13/h5-7,11,17H,3-4,8-10H2,1-2H3,(H2,16,18,19). The molecule has 1 atom stereocenters. The molecule has 4 nitrogen and oxygen atoms in total. The number of amides is 2. The van der Waals surface area contributed by atoms with Crippen molar-refractivity contribution in [1.29, 1.82) is 0 Å². The summed E-state index contributed by atoms with van der Waals surface area (Å²) >= 11 is 0. The van der Waals surface area contributed by atoms with Gasteiger partial charge >= 0.3 is 6.03 Å². The highest BCUT2D eigenvalue weighted by Gasteiger charge is 2.17. The highest BCUT2D eigenvalue weighted by molar-refractivity contribution is 5.93. The Morgan fingerprint density at radius 1 is 1.47 bits per heavy atom. The number of rotatable bonds is 4. The normalized spacial score (nSPS) is 17.3. The van der Waals surface area contributed by atoms with E-state index in [1.807, 2.05) is 12.1 Å². The molecule has 1 aliphatic rings. The number of para-hydroxylation sites is 1. The molecule has 104 valence electrons. The maximum Gasteiger partial charge on any atom is 0.319 e. The number of nitrogens with one attached hydrogen (secondary N) is 3. The fourth-order valence-corrected chi connectivity index (χ4v) is 2.32. The van der Waals surface area contributed by atoms with Crippen LogP contribution in [0.25, 0.3) is 0 Å². The Morgan fingerprint density at radius 2 is 2.32 bits per heavy atom. The van der Waals surface area contributed by atoms with E-state index in [0.29, 0.717) is 6.04 Å². The van der Waals surface area contributed by atoms with Gasteiger partial charge in [-0.1, -0.05) is 25.5 Å². The summed E-state index contributed by atoms with van der Waals surface area (Å²) in [6.45, 7) is 5.00. The molecule has 19 heavy (non-hydrogen) atoms.